The number of benzene rings is 1. The molecule has 0 N–H and O–H groups in total. The first-order valence-corrected chi connectivity index (χ1v) is 13.1. The molecule has 2 saturated heterocycles. The minimum absolute atomic E-state index is 0.0374. The van der Waals surface area contributed by atoms with Gasteiger partial charge in [0.05, 0.1) is 11.1 Å². The standard InChI is InChI=1S/C22H22N2O3S3/c1-16-7-12-29-20(16)30(26,27)23-13-19(17-5-3-2-4-6-17)22(15-23)9-10-24(21(22)25)18-8-11-28-14-18/h2-8,11-12,14,19H,9-10,13,15H2,1H3/t19-,22+/m0/s1. The largest absolute Gasteiger partial charge is 0.311 e. The summed E-state index contributed by atoms with van der Waals surface area (Å²) in [6, 6.07) is 13.7. The molecule has 2 aliphatic heterocycles. The van der Waals surface area contributed by atoms with Crippen LogP contribution in [-0.4, -0.2) is 38.3 Å². The summed E-state index contributed by atoms with van der Waals surface area (Å²) in [5.41, 5.74) is 1.96. The van der Waals surface area contributed by atoms with Crippen LogP contribution in [0.3, 0.4) is 0 Å². The van der Waals surface area contributed by atoms with Crippen molar-refractivity contribution in [1.29, 1.82) is 0 Å². The van der Waals surface area contributed by atoms with Crippen LogP contribution in [-0.2, 0) is 14.8 Å². The number of anilines is 1. The number of thiophene rings is 2. The van der Waals surface area contributed by atoms with Crippen molar-refractivity contribution in [3.63, 3.8) is 0 Å². The molecule has 0 bridgehead atoms. The molecule has 0 saturated carbocycles. The number of aryl methyl sites for hydroxylation is 1. The summed E-state index contributed by atoms with van der Waals surface area (Å²) in [5.74, 6) is -0.125. The van der Waals surface area contributed by atoms with Crippen LogP contribution in [0.1, 0.15) is 23.5 Å². The summed E-state index contributed by atoms with van der Waals surface area (Å²) in [6.07, 6.45) is 0.649. The van der Waals surface area contributed by atoms with Gasteiger partial charge in [-0.25, -0.2) is 8.42 Å². The molecular weight excluding hydrogens is 436 g/mol. The molecule has 4 heterocycles. The topological polar surface area (TPSA) is 57.7 Å². The summed E-state index contributed by atoms with van der Waals surface area (Å²) in [4.78, 5) is 15.6. The molecule has 2 atom stereocenters. The third-order valence-electron chi connectivity index (χ3n) is 6.37. The smallest absolute Gasteiger partial charge is 0.252 e. The number of rotatable bonds is 4. The minimum Gasteiger partial charge on any atom is -0.311 e. The maximum absolute atomic E-state index is 13.7. The van der Waals surface area contributed by atoms with Crippen LogP contribution < -0.4 is 4.90 Å². The Kier molecular flexibility index (Phi) is 4.85. The lowest BCUT2D eigenvalue weighted by Gasteiger charge is -2.29. The quantitative estimate of drug-likeness (QED) is 0.585. The third kappa shape index (κ3) is 2.97. The Bertz CT molecular complexity index is 1170. The molecule has 0 radical (unpaired) electrons. The third-order valence-corrected chi connectivity index (χ3v) is 10.5. The highest BCUT2D eigenvalue weighted by Gasteiger charge is 2.59. The van der Waals surface area contributed by atoms with Gasteiger partial charge in [0.2, 0.25) is 5.91 Å². The van der Waals surface area contributed by atoms with Crippen LogP contribution in [0, 0.1) is 12.3 Å². The van der Waals surface area contributed by atoms with Gasteiger partial charge >= 0.3 is 0 Å². The second-order valence-corrected chi connectivity index (χ2v) is 11.8. The fourth-order valence-electron chi connectivity index (χ4n) is 4.82. The first-order chi connectivity index (χ1) is 14.4. The van der Waals surface area contributed by atoms with E-state index in [4.69, 9.17) is 0 Å². The van der Waals surface area contributed by atoms with Crippen LogP contribution in [0.25, 0.3) is 0 Å². The first-order valence-electron chi connectivity index (χ1n) is 9.87. The second kappa shape index (κ2) is 7.30. The number of carbonyl (C=O) groups is 1. The van der Waals surface area contributed by atoms with Crippen LogP contribution in [0.2, 0.25) is 0 Å². The number of sulfonamides is 1. The number of hydrogen-bond acceptors (Lipinski definition) is 5. The van der Waals surface area contributed by atoms with Crippen molar-refractivity contribution in [1.82, 2.24) is 4.31 Å². The molecule has 5 nitrogen and oxygen atoms in total. The van der Waals surface area contributed by atoms with Crippen molar-refractivity contribution in [2.24, 2.45) is 5.41 Å². The van der Waals surface area contributed by atoms with Gasteiger partial charge in [-0.3, -0.25) is 4.79 Å². The molecule has 0 unspecified atom stereocenters. The Morgan fingerprint density at radius 1 is 1.10 bits per heavy atom. The van der Waals surface area contributed by atoms with Gasteiger partial charge in [0.15, 0.2) is 0 Å². The molecular formula is C22H22N2O3S3. The Morgan fingerprint density at radius 2 is 1.90 bits per heavy atom. The Hall–Kier alpha value is -2.00. The van der Waals surface area contributed by atoms with E-state index in [-0.39, 0.29) is 18.4 Å². The lowest BCUT2D eigenvalue weighted by atomic mass is 9.73. The van der Waals surface area contributed by atoms with Gasteiger partial charge in [-0.15, -0.1) is 11.3 Å². The van der Waals surface area contributed by atoms with E-state index in [0.29, 0.717) is 23.7 Å². The molecule has 2 aromatic heterocycles. The number of hydrogen-bond donors (Lipinski definition) is 0. The maximum atomic E-state index is 13.7. The molecule has 8 heteroatoms. The van der Waals surface area contributed by atoms with E-state index in [1.165, 1.54) is 11.3 Å². The predicted molar refractivity (Wildman–Crippen MR) is 121 cm³/mol. The zero-order chi connectivity index (χ0) is 20.9. The normalized spacial score (nSPS) is 24.9. The van der Waals surface area contributed by atoms with Gasteiger partial charge in [0, 0.05) is 30.9 Å². The highest BCUT2D eigenvalue weighted by molar-refractivity contribution is 7.91. The molecule has 2 aliphatic rings. The molecule has 3 aromatic rings. The molecule has 30 heavy (non-hydrogen) atoms. The lowest BCUT2D eigenvalue weighted by molar-refractivity contribution is -0.125. The molecule has 1 spiro atoms. The molecule has 156 valence electrons. The molecule has 2 fully saturated rings. The number of amides is 1. The Balaban J connectivity index is 1.57. The number of nitrogens with zero attached hydrogens (tertiary/aromatic N) is 2. The highest BCUT2D eigenvalue weighted by atomic mass is 32.2. The van der Waals surface area contributed by atoms with Crippen molar-refractivity contribution < 1.29 is 13.2 Å². The van der Waals surface area contributed by atoms with Crippen molar-refractivity contribution in [2.45, 2.75) is 23.5 Å². The van der Waals surface area contributed by atoms with Gasteiger partial charge < -0.3 is 4.90 Å². The Morgan fingerprint density at radius 3 is 2.57 bits per heavy atom. The zero-order valence-electron chi connectivity index (χ0n) is 16.5. The van der Waals surface area contributed by atoms with E-state index in [2.05, 4.69) is 0 Å². The molecule has 1 aromatic carbocycles. The van der Waals surface area contributed by atoms with E-state index < -0.39 is 15.4 Å². The predicted octanol–water partition coefficient (Wildman–Crippen LogP) is 4.33. The average molecular weight is 459 g/mol. The van der Waals surface area contributed by atoms with Gasteiger partial charge in [-0.2, -0.15) is 15.6 Å². The fraction of sp³-hybridized carbons (Fsp3) is 0.318. The van der Waals surface area contributed by atoms with E-state index in [1.54, 1.807) is 15.6 Å². The van der Waals surface area contributed by atoms with Gasteiger partial charge in [-0.1, -0.05) is 30.3 Å². The Labute approximate surface area is 184 Å². The van der Waals surface area contributed by atoms with Crippen molar-refractivity contribution in [3.8, 4) is 0 Å². The minimum atomic E-state index is -3.64. The van der Waals surface area contributed by atoms with Gasteiger partial charge in [0.25, 0.3) is 10.0 Å². The van der Waals surface area contributed by atoms with Crippen LogP contribution >= 0.6 is 22.7 Å². The average Bonchev–Trinajstić information content (AvgIpc) is 3.52. The zero-order valence-corrected chi connectivity index (χ0v) is 19.0. The summed E-state index contributed by atoms with van der Waals surface area (Å²) in [7, 11) is -3.64. The van der Waals surface area contributed by atoms with Crippen molar-refractivity contribution in [2.75, 3.05) is 24.5 Å². The van der Waals surface area contributed by atoms with Crippen LogP contribution in [0.4, 0.5) is 5.69 Å². The lowest BCUT2D eigenvalue weighted by Crippen LogP contribution is -2.40. The first kappa shape index (κ1) is 19.9. The summed E-state index contributed by atoms with van der Waals surface area (Å²) < 4.78 is 28.8. The SMILES string of the molecule is Cc1ccsc1S(=O)(=O)N1C[C@@H](c2ccccc2)[C@@]2(CCN(c3ccsc3)C2=O)C1. The summed E-state index contributed by atoms with van der Waals surface area (Å²) in [5, 5.41) is 5.75. The van der Waals surface area contributed by atoms with Crippen LogP contribution in [0.5, 0.6) is 0 Å². The van der Waals surface area contributed by atoms with E-state index in [9.17, 15) is 13.2 Å². The van der Waals surface area contributed by atoms with Crippen molar-refractivity contribution in [3.05, 3.63) is 69.7 Å². The summed E-state index contributed by atoms with van der Waals surface area (Å²) in [6.45, 7) is 2.99. The fourth-order valence-corrected chi connectivity index (χ4v) is 8.53. The van der Waals surface area contributed by atoms with E-state index in [0.717, 1.165) is 16.8 Å². The number of carbonyl (C=O) groups excluding carboxylic acids is 1. The van der Waals surface area contributed by atoms with Crippen LogP contribution in [0.15, 0.2) is 62.8 Å². The monoisotopic (exact) mass is 458 g/mol. The van der Waals surface area contributed by atoms with Crippen molar-refractivity contribution >= 4 is 44.3 Å². The maximum Gasteiger partial charge on any atom is 0.252 e. The van der Waals surface area contributed by atoms with Gasteiger partial charge in [-0.05, 0) is 47.4 Å². The summed E-state index contributed by atoms with van der Waals surface area (Å²) >= 11 is 2.81. The second-order valence-electron chi connectivity index (χ2n) is 8.00. The molecule has 5 rings (SSSR count). The molecule has 1 amide bonds. The van der Waals surface area contributed by atoms with E-state index in [1.807, 2.05) is 70.4 Å². The van der Waals surface area contributed by atoms with E-state index >= 15 is 0 Å². The highest BCUT2D eigenvalue weighted by Crippen LogP contribution is 2.52. The van der Waals surface area contributed by atoms with Gasteiger partial charge in [0.1, 0.15) is 4.21 Å². The molecule has 0 aliphatic carbocycles.